The van der Waals surface area contributed by atoms with Crippen molar-refractivity contribution < 1.29 is 9.53 Å². The highest BCUT2D eigenvalue weighted by Gasteiger charge is 2.30. The van der Waals surface area contributed by atoms with Gasteiger partial charge in [0.05, 0.1) is 19.3 Å². The zero-order chi connectivity index (χ0) is 25.8. The van der Waals surface area contributed by atoms with E-state index in [-0.39, 0.29) is 5.91 Å². The number of carbonyl (C=O) groups excluding carboxylic acids is 1. The lowest BCUT2D eigenvalue weighted by atomic mass is 9.87. The Hall–Kier alpha value is -3.75. The van der Waals surface area contributed by atoms with Gasteiger partial charge >= 0.3 is 0 Å². The Kier molecular flexibility index (Phi) is 7.48. The number of aromatic nitrogens is 2. The van der Waals surface area contributed by atoms with Gasteiger partial charge in [-0.3, -0.25) is 9.69 Å². The molecule has 1 aromatic heterocycles. The molecule has 0 atom stereocenters. The molecule has 0 aliphatic carbocycles. The SMILES string of the molecule is C=CC(=O)Nc1cccc(Nc2nc(Nc3ccc(C4CCN(C5COC5)CC4)cc3C)ncc2C)c1. The van der Waals surface area contributed by atoms with Crippen molar-refractivity contribution in [2.75, 3.05) is 42.3 Å². The summed E-state index contributed by atoms with van der Waals surface area (Å²) in [5.41, 5.74) is 5.99. The van der Waals surface area contributed by atoms with E-state index < -0.39 is 0 Å². The second kappa shape index (κ2) is 11.1. The molecule has 8 nitrogen and oxygen atoms in total. The number of anilines is 5. The number of carbonyl (C=O) groups is 1. The fourth-order valence-corrected chi connectivity index (χ4v) is 4.87. The molecule has 5 rings (SSSR count). The monoisotopic (exact) mass is 498 g/mol. The highest BCUT2D eigenvalue weighted by molar-refractivity contribution is 5.99. The van der Waals surface area contributed by atoms with E-state index in [4.69, 9.17) is 9.72 Å². The quantitative estimate of drug-likeness (QED) is 0.364. The number of rotatable bonds is 8. The first-order valence-electron chi connectivity index (χ1n) is 12.8. The average molecular weight is 499 g/mol. The maximum Gasteiger partial charge on any atom is 0.247 e. The van der Waals surface area contributed by atoms with Crippen molar-refractivity contribution in [3.63, 3.8) is 0 Å². The van der Waals surface area contributed by atoms with Gasteiger partial charge in [-0.1, -0.05) is 24.8 Å². The third-order valence-corrected chi connectivity index (χ3v) is 7.18. The van der Waals surface area contributed by atoms with E-state index in [1.165, 1.54) is 30.0 Å². The first-order valence-corrected chi connectivity index (χ1v) is 12.8. The standard InChI is InChI=1S/C29H34N6O2/c1-4-27(36)31-23-6-5-7-24(15-23)32-28-20(3)16-30-29(34-28)33-26-9-8-22(14-19(26)2)21-10-12-35(13-11-21)25-17-37-18-25/h4-9,14-16,21,25H,1,10-13,17-18H2,2-3H3,(H,31,36)(H2,30,32,33,34). The Morgan fingerprint density at radius 3 is 2.54 bits per heavy atom. The van der Waals surface area contributed by atoms with Gasteiger partial charge < -0.3 is 20.7 Å². The molecule has 3 aromatic rings. The summed E-state index contributed by atoms with van der Waals surface area (Å²) in [5, 5.41) is 9.50. The fourth-order valence-electron chi connectivity index (χ4n) is 4.87. The van der Waals surface area contributed by atoms with Crippen LogP contribution < -0.4 is 16.0 Å². The van der Waals surface area contributed by atoms with Crippen LogP contribution in [0.4, 0.5) is 28.8 Å². The van der Waals surface area contributed by atoms with Crippen LogP contribution in [0.25, 0.3) is 0 Å². The van der Waals surface area contributed by atoms with Gasteiger partial charge in [-0.25, -0.2) is 4.98 Å². The summed E-state index contributed by atoms with van der Waals surface area (Å²) in [5.74, 6) is 1.57. The molecule has 0 radical (unpaired) electrons. The first kappa shape index (κ1) is 24.9. The lowest BCUT2D eigenvalue weighted by molar-refractivity contribution is -0.111. The largest absolute Gasteiger partial charge is 0.378 e. The highest BCUT2D eigenvalue weighted by Crippen LogP contribution is 2.32. The van der Waals surface area contributed by atoms with Gasteiger partial charge in [-0.2, -0.15) is 4.98 Å². The van der Waals surface area contributed by atoms with Crippen molar-refractivity contribution in [2.24, 2.45) is 0 Å². The van der Waals surface area contributed by atoms with Crippen LogP contribution in [0.3, 0.4) is 0 Å². The number of nitrogens with zero attached hydrogens (tertiary/aromatic N) is 3. The van der Waals surface area contributed by atoms with E-state index in [1.807, 2.05) is 31.2 Å². The normalized spacial score (nSPS) is 16.6. The highest BCUT2D eigenvalue weighted by atomic mass is 16.5. The molecule has 1 amide bonds. The molecule has 2 aromatic carbocycles. The number of nitrogens with one attached hydrogen (secondary N) is 3. The Balaban J connectivity index is 1.24. The lowest BCUT2D eigenvalue weighted by Crippen LogP contribution is -2.51. The Bertz CT molecular complexity index is 1280. The van der Waals surface area contributed by atoms with E-state index in [0.717, 1.165) is 43.2 Å². The van der Waals surface area contributed by atoms with Crippen LogP contribution in [-0.4, -0.2) is 53.1 Å². The van der Waals surface area contributed by atoms with Gasteiger partial charge in [0, 0.05) is 28.8 Å². The molecule has 2 aliphatic rings. The Morgan fingerprint density at radius 1 is 1.05 bits per heavy atom. The number of amides is 1. The van der Waals surface area contributed by atoms with Crippen molar-refractivity contribution in [1.82, 2.24) is 14.9 Å². The zero-order valence-electron chi connectivity index (χ0n) is 21.5. The third kappa shape index (κ3) is 5.98. The molecule has 3 heterocycles. The predicted octanol–water partition coefficient (Wildman–Crippen LogP) is 5.28. The summed E-state index contributed by atoms with van der Waals surface area (Å²) in [7, 11) is 0. The van der Waals surface area contributed by atoms with Crippen LogP contribution >= 0.6 is 0 Å². The van der Waals surface area contributed by atoms with Crippen LogP contribution in [-0.2, 0) is 9.53 Å². The molecule has 0 saturated carbocycles. The minimum Gasteiger partial charge on any atom is -0.378 e. The van der Waals surface area contributed by atoms with Crippen molar-refractivity contribution in [3.8, 4) is 0 Å². The van der Waals surface area contributed by atoms with E-state index in [9.17, 15) is 4.79 Å². The van der Waals surface area contributed by atoms with Gasteiger partial charge in [0.1, 0.15) is 5.82 Å². The number of hydrogen-bond acceptors (Lipinski definition) is 7. The molecular formula is C29H34N6O2. The molecule has 0 bridgehead atoms. The number of likely N-dealkylation sites (tertiary alicyclic amines) is 1. The first-order chi connectivity index (χ1) is 18.0. The number of piperidine rings is 1. The van der Waals surface area contributed by atoms with Gasteiger partial charge in [-0.05, 0) is 87.2 Å². The molecule has 8 heteroatoms. The molecule has 3 N–H and O–H groups in total. The summed E-state index contributed by atoms with van der Waals surface area (Å²) in [6, 6.07) is 14.8. The lowest BCUT2D eigenvalue weighted by Gasteiger charge is -2.41. The third-order valence-electron chi connectivity index (χ3n) is 7.18. The van der Waals surface area contributed by atoms with Crippen LogP contribution in [0.2, 0.25) is 0 Å². The van der Waals surface area contributed by atoms with Crippen LogP contribution in [0.1, 0.15) is 35.4 Å². The van der Waals surface area contributed by atoms with Gasteiger partial charge in [0.15, 0.2) is 0 Å². The van der Waals surface area contributed by atoms with Gasteiger partial charge in [0.25, 0.3) is 0 Å². The molecule has 192 valence electrons. The number of hydrogen-bond donors (Lipinski definition) is 3. The number of ether oxygens (including phenoxy) is 1. The number of aryl methyl sites for hydroxylation is 2. The van der Waals surface area contributed by atoms with Crippen molar-refractivity contribution in [1.29, 1.82) is 0 Å². The summed E-state index contributed by atoms with van der Waals surface area (Å²) >= 11 is 0. The minimum atomic E-state index is -0.252. The summed E-state index contributed by atoms with van der Waals surface area (Å²) in [6.07, 6.45) is 5.43. The van der Waals surface area contributed by atoms with E-state index in [2.05, 4.69) is 57.5 Å². The molecule has 37 heavy (non-hydrogen) atoms. The van der Waals surface area contributed by atoms with Crippen LogP contribution in [0.15, 0.2) is 61.3 Å². The molecule has 2 aliphatic heterocycles. The second-order valence-electron chi connectivity index (χ2n) is 9.83. The molecule has 2 saturated heterocycles. The number of benzene rings is 2. The van der Waals surface area contributed by atoms with Crippen LogP contribution in [0, 0.1) is 13.8 Å². The summed E-state index contributed by atoms with van der Waals surface area (Å²) < 4.78 is 5.36. The van der Waals surface area contributed by atoms with Crippen molar-refractivity contribution in [3.05, 3.63) is 78.0 Å². The van der Waals surface area contributed by atoms with Crippen LogP contribution in [0.5, 0.6) is 0 Å². The van der Waals surface area contributed by atoms with E-state index in [0.29, 0.717) is 29.4 Å². The van der Waals surface area contributed by atoms with Crippen molar-refractivity contribution >= 4 is 34.7 Å². The molecular weight excluding hydrogens is 464 g/mol. The fraction of sp³-hybridized carbons (Fsp3) is 0.345. The molecule has 0 spiro atoms. The average Bonchev–Trinajstić information content (AvgIpc) is 2.87. The summed E-state index contributed by atoms with van der Waals surface area (Å²) in [6.45, 7) is 11.7. The minimum absolute atomic E-state index is 0.252. The molecule has 0 unspecified atom stereocenters. The summed E-state index contributed by atoms with van der Waals surface area (Å²) in [4.78, 5) is 23.4. The zero-order valence-corrected chi connectivity index (χ0v) is 21.5. The maximum atomic E-state index is 11.6. The van der Waals surface area contributed by atoms with E-state index >= 15 is 0 Å². The van der Waals surface area contributed by atoms with Gasteiger partial charge in [-0.15, -0.1) is 0 Å². The maximum absolute atomic E-state index is 11.6. The topological polar surface area (TPSA) is 91.4 Å². The Morgan fingerprint density at radius 2 is 1.84 bits per heavy atom. The second-order valence-corrected chi connectivity index (χ2v) is 9.83. The van der Waals surface area contributed by atoms with E-state index in [1.54, 1.807) is 6.20 Å². The van der Waals surface area contributed by atoms with Gasteiger partial charge in [0.2, 0.25) is 11.9 Å². The Labute approximate surface area is 218 Å². The predicted molar refractivity (Wildman–Crippen MR) is 148 cm³/mol. The molecule has 2 fully saturated rings. The smallest absolute Gasteiger partial charge is 0.247 e. The van der Waals surface area contributed by atoms with Crippen molar-refractivity contribution in [2.45, 2.75) is 38.6 Å².